The maximum Gasteiger partial charge on any atom is 0.133 e. The van der Waals surface area contributed by atoms with Gasteiger partial charge in [0.1, 0.15) is 5.84 Å². The summed E-state index contributed by atoms with van der Waals surface area (Å²) in [5.74, 6) is 0.852. The number of nitrogens with one attached hydrogen (secondary N) is 1. The van der Waals surface area contributed by atoms with Crippen molar-refractivity contribution in [3.8, 4) is 0 Å². The van der Waals surface area contributed by atoms with Crippen LogP contribution in [0, 0.1) is 18.3 Å². The first-order valence-electron chi connectivity index (χ1n) is 4.43. The van der Waals surface area contributed by atoms with E-state index in [1.807, 2.05) is 6.92 Å². The molecule has 0 aliphatic carbocycles. The molecule has 0 saturated heterocycles. The summed E-state index contributed by atoms with van der Waals surface area (Å²) < 4.78 is 0. The van der Waals surface area contributed by atoms with Crippen molar-refractivity contribution in [2.45, 2.75) is 27.2 Å². The average molecular weight is 196 g/mol. The molecular weight excluding hydrogens is 180 g/mol. The molecule has 1 aromatic rings. The highest BCUT2D eigenvalue weighted by molar-refractivity contribution is 7.12. The molecule has 0 amide bonds. The summed E-state index contributed by atoms with van der Waals surface area (Å²) in [4.78, 5) is 0.927. The predicted octanol–water partition coefficient (Wildman–Crippen LogP) is 2.54. The van der Waals surface area contributed by atoms with E-state index in [0.29, 0.717) is 5.92 Å². The second kappa shape index (κ2) is 3.92. The van der Waals surface area contributed by atoms with Gasteiger partial charge in [0.15, 0.2) is 0 Å². The molecule has 0 bridgehead atoms. The molecule has 0 unspecified atom stereocenters. The maximum atomic E-state index is 7.36. The van der Waals surface area contributed by atoms with Gasteiger partial charge in [0.2, 0.25) is 0 Å². The van der Waals surface area contributed by atoms with Crippen LogP contribution in [0.3, 0.4) is 0 Å². The summed E-state index contributed by atoms with van der Waals surface area (Å²) in [5.41, 5.74) is 7.98. The van der Waals surface area contributed by atoms with Gasteiger partial charge in [0.05, 0.1) is 4.88 Å². The number of nitrogen functional groups attached to an aromatic ring is 1. The SMILES string of the molecule is Cc1c(CC(C)C)csc1C(=N)N. The molecule has 13 heavy (non-hydrogen) atoms. The molecule has 1 aromatic heterocycles. The zero-order valence-corrected chi connectivity index (χ0v) is 9.16. The summed E-state index contributed by atoms with van der Waals surface area (Å²) in [6.45, 7) is 6.44. The van der Waals surface area contributed by atoms with Crippen molar-refractivity contribution in [2.75, 3.05) is 0 Å². The Balaban J connectivity index is 2.93. The van der Waals surface area contributed by atoms with Crippen LogP contribution < -0.4 is 5.73 Å². The molecule has 3 heteroatoms. The van der Waals surface area contributed by atoms with E-state index in [4.69, 9.17) is 11.1 Å². The first-order chi connectivity index (χ1) is 6.02. The fourth-order valence-electron chi connectivity index (χ4n) is 1.36. The van der Waals surface area contributed by atoms with Crippen molar-refractivity contribution >= 4 is 17.2 Å². The first kappa shape index (κ1) is 10.3. The van der Waals surface area contributed by atoms with Gasteiger partial charge in [-0.3, -0.25) is 5.41 Å². The fourth-order valence-corrected chi connectivity index (χ4v) is 2.33. The molecule has 0 aliphatic rings. The average Bonchev–Trinajstić information content (AvgIpc) is 2.32. The standard InChI is InChI=1S/C10H16N2S/c1-6(2)4-8-5-13-9(7(8)3)10(11)12/h5-6H,4H2,1-3H3,(H3,11,12). The number of hydrogen-bond donors (Lipinski definition) is 2. The quantitative estimate of drug-likeness (QED) is 0.566. The van der Waals surface area contributed by atoms with Crippen LogP contribution in [0.1, 0.15) is 29.9 Å². The van der Waals surface area contributed by atoms with Crippen molar-refractivity contribution in [1.82, 2.24) is 0 Å². The smallest absolute Gasteiger partial charge is 0.133 e. The summed E-state index contributed by atoms with van der Waals surface area (Å²) in [5, 5.41) is 9.48. The molecule has 0 fully saturated rings. The van der Waals surface area contributed by atoms with Crippen LogP contribution >= 0.6 is 11.3 Å². The van der Waals surface area contributed by atoms with E-state index in [9.17, 15) is 0 Å². The van der Waals surface area contributed by atoms with Crippen LogP contribution in [0.15, 0.2) is 5.38 Å². The highest BCUT2D eigenvalue weighted by atomic mass is 32.1. The molecule has 0 spiro atoms. The summed E-state index contributed by atoms with van der Waals surface area (Å²) in [6, 6.07) is 0. The third-order valence-electron chi connectivity index (χ3n) is 2.01. The Kier molecular flexibility index (Phi) is 3.09. The molecule has 1 heterocycles. The van der Waals surface area contributed by atoms with Gasteiger partial charge in [-0.1, -0.05) is 13.8 Å². The molecule has 1 rings (SSSR count). The van der Waals surface area contributed by atoms with Crippen LogP contribution in [0.5, 0.6) is 0 Å². The van der Waals surface area contributed by atoms with Gasteiger partial charge in [-0.05, 0) is 35.8 Å². The molecule has 2 nitrogen and oxygen atoms in total. The second-order valence-electron chi connectivity index (χ2n) is 3.73. The largest absolute Gasteiger partial charge is 0.383 e. The zero-order valence-electron chi connectivity index (χ0n) is 8.35. The van der Waals surface area contributed by atoms with E-state index >= 15 is 0 Å². The van der Waals surface area contributed by atoms with Gasteiger partial charge in [-0.2, -0.15) is 0 Å². The number of hydrogen-bond acceptors (Lipinski definition) is 2. The number of thiophene rings is 1. The van der Waals surface area contributed by atoms with Crippen LogP contribution in [0.4, 0.5) is 0 Å². The van der Waals surface area contributed by atoms with E-state index < -0.39 is 0 Å². The normalized spacial score (nSPS) is 10.8. The van der Waals surface area contributed by atoms with Gasteiger partial charge >= 0.3 is 0 Å². The third kappa shape index (κ3) is 2.31. The molecular formula is C10H16N2S. The third-order valence-corrected chi connectivity index (χ3v) is 3.18. The topological polar surface area (TPSA) is 49.9 Å². The van der Waals surface area contributed by atoms with Gasteiger partial charge < -0.3 is 5.73 Å². The van der Waals surface area contributed by atoms with Crippen LogP contribution in [-0.4, -0.2) is 5.84 Å². The minimum absolute atomic E-state index is 0.192. The lowest BCUT2D eigenvalue weighted by Crippen LogP contribution is -2.10. The Morgan fingerprint density at radius 2 is 2.23 bits per heavy atom. The van der Waals surface area contributed by atoms with Gasteiger partial charge in [-0.25, -0.2) is 0 Å². The second-order valence-corrected chi connectivity index (χ2v) is 4.61. The van der Waals surface area contributed by atoms with Crippen LogP contribution in [-0.2, 0) is 6.42 Å². The number of amidine groups is 1. The zero-order chi connectivity index (χ0) is 10.0. The van der Waals surface area contributed by atoms with Crippen LogP contribution in [0.25, 0.3) is 0 Å². The fraction of sp³-hybridized carbons (Fsp3) is 0.500. The van der Waals surface area contributed by atoms with Crippen molar-refractivity contribution < 1.29 is 0 Å². The van der Waals surface area contributed by atoms with Crippen LogP contribution in [0.2, 0.25) is 0 Å². The lowest BCUT2D eigenvalue weighted by molar-refractivity contribution is 0.646. The van der Waals surface area contributed by atoms with E-state index in [-0.39, 0.29) is 5.84 Å². The monoisotopic (exact) mass is 196 g/mol. The minimum atomic E-state index is 0.192. The van der Waals surface area contributed by atoms with Gasteiger partial charge in [0.25, 0.3) is 0 Å². The molecule has 72 valence electrons. The Hall–Kier alpha value is -0.830. The van der Waals surface area contributed by atoms with E-state index in [0.717, 1.165) is 11.3 Å². The first-order valence-corrected chi connectivity index (χ1v) is 5.31. The Bertz CT molecular complexity index is 313. The predicted molar refractivity (Wildman–Crippen MR) is 58.6 cm³/mol. The van der Waals surface area contributed by atoms with Crippen molar-refractivity contribution in [1.29, 1.82) is 5.41 Å². The minimum Gasteiger partial charge on any atom is -0.383 e. The summed E-state index contributed by atoms with van der Waals surface area (Å²) >= 11 is 1.58. The molecule has 0 radical (unpaired) electrons. The molecule has 0 aromatic carbocycles. The van der Waals surface area contributed by atoms with E-state index in [1.165, 1.54) is 11.1 Å². The number of nitrogens with two attached hydrogens (primary N) is 1. The van der Waals surface area contributed by atoms with Crippen molar-refractivity contribution in [3.63, 3.8) is 0 Å². The highest BCUT2D eigenvalue weighted by Gasteiger charge is 2.10. The summed E-state index contributed by atoms with van der Waals surface area (Å²) in [7, 11) is 0. The van der Waals surface area contributed by atoms with Crippen molar-refractivity contribution in [3.05, 3.63) is 21.4 Å². The van der Waals surface area contributed by atoms with Gasteiger partial charge in [-0.15, -0.1) is 11.3 Å². The van der Waals surface area contributed by atoms with E-state index in [1.54, 1.807) is 11.3 Å². The maximum absolute atomic E-state index is 7.36. The Labute approximate surface area is 83.3 Å². The molecule has 0 aliphatic heterocycles. The molecule has 0 saturated carbocycles. The van der Waals surface area contributed by atoms with Crippen molar-refractivity contribution in [2.24, 2.45) is 11.7 Å². The Morgan fingerprint density at radius 1 is 1.62 bits per heavy atom. The molecule has 3 N–H and O–H groups in total. The Morgan fingerprint density at radius 3 is 2.62 bits per heavy atom. The van der Waals surface area contributed by atoms with Gasteiger partial charge in [0, 0.05) is 0 Å². The van der Waals surface area contributed by atoms with E-state index in [2.05, 4.69) is 19.2 Å². The lowest BCUT2D eigenvalue weighted by atomic mass is 10.0. The number of rotatable bonds is 3. The molecule has 0 atom stereocenters. The summed E-state index contributed by atoms with van der Waals surface area (Å²) in [6.07, 6.45) is 1.08. The lowest BCUT2D eigenvalue weighted by Gasteiger charge is -2.04. The highest BCUT2D eigenvalue weighted by Crippen LogP contribution is 2.23.